The molecule has 6 heteroatoms. The van der Waals surface area contributed by atoms with Crippen LogP contribution in [0, 0.1) is 5.82 Å². The normalized spacial score (nSPS) is 15.4. The highest BCUT2D eigenvalue weighted by molar-refractivity contribution is 5.97. The van der Waals surface area contributed by atoms with Gasteiger partial charge < -0.3 is 15.2 Å². The molecule has 0 radical (unpaired) electrons. The third-order valence-electron chi connectivity index (χ3n) is 6.49. The zero-order valence-corrected chi connectivity index (χ0v) is 18.0. The summed E-state index contributed by atoms with van der Waals surface area (Å²) in [6.45, 7) is 3.71. The lowest BCUT2D eigenvalue weighted by molar-refractivity contribution is 0.0950. The zero-order chi connectivity index (χ0) is 21.9. The van der Waals surface area contributed by atoms with Gasteiger partial charge in [-0.15, -0.1) is 0 Å². The molecule has 32 heavy (non-hydrogen) atoms. The molecule has 1 saturated heterocycles. The Labute approximate surface area is 186 Å². The number of hydrogen-bond acceptors (Lipinski definition) is 3. The summed E-state index contributed by atoms with van der Waals surface area (Å²) in [5.74, 6) is 0.230. The number of hydrogen-bond donors (Lipinski definition) is 2. The molecule has 1 amide bonds. The minimum atomic E-state index is -0.204. The first kappa shape index (κ1) is 20.6. The topological polar surface area (TPSA) is 61.0 Å². The van der Waals surface area contributed by atoms with Crippen molar-refractivity contribution in [1.29, 1.82) is 0 Å². The Morgan fingerprint density at radius 1 is 1.16 bits per heavy atom. The predicted octanol–water partition coefficient (Wildman–Crippen LogP) is 4.85. The number of halogens is 1. The molecule has 164 valence electrons. The minimum Gasteiger partial charge on any atom is -0.361 e. The Balaban J connectivity index is 1.08. The second-order valence-corrected chi connectivity index (χ2v) is 8.58. The van der Waals surface area contributed by atoms with Gasteiger partial charge in [-0.3, -0.25) is 9.78 Å². The van der Waals surface area contributed by atoms with Crippen LogP contribution in [0.4, 0.5) is 4.39 Å². The lowest BCUT2D eigenvalue weighted by atomic mass is 9.89. The van der Waals surface area contributed by atoms with Crippen LogP contribution in [-0.2, 0) is 0 Å². The van der Waals surface area contributed by atoms with Crippen molar-refractivity contribution in [3.05, 3.63) is 77.9 Å². The van der Waals surface area contributed by atoms with Gasteiger partial charge in [0.05, 0.1) is 11.1 Å². The summed E-state index contributed by atoms with van der Waals surface area (Å²) < 4.78 is 13.4. The number of fused-ring (bicyclic) bond motifs is 2. The van der Waals surface area contributed by atoms with Crippen LogP contribution in [0.25, 0.3) is 21.8 Å². The number of amides is 1. The van der Waals surface area contributed by atoms with E-state index >= 15 is 0 Å². The van der Waals surface area contributed by atoms with Crippen LogP contribution in [-0.4, -0.2) is 47.0 Å². The van der Waals surface area contributed by atoms with E-state index in [2.05, 4.69) is 20.2 Å². The van der Waals surface area contributed by atoms with Crippen LogP contribution in [0.15, 0.2) is 60.9 Å². The van der Waals surface area contributed by atoms with E-state index in [0.717, 1.165) is 60.7 Å². The minimum absolute atomic E-state index is 0.0715. The van der Waals surface area contributed by atoms with E-state index in [1.54, 1.807) is 12.3 Å². The van der Waals surface area contributed by atoms with Crippen LogP contribution in [0.3, 0.4) is 0 Å². The SMILES string of the molecule is O=C(NCCCN1CCC(c2c[nH]c3cc(F)ccc23)CC1)c1cnc2ccccc2c1. The fourth-order valence-electron chi connectivity index (χ4n) is 4.73. The molecule has 0 atom stereocenters. The van der Waals surface area contributed by atoms with Crippen LogP contribution in [0.5, 0.6) is 0 Å². The number of aromatic amines is 1. The van der Waals surface area contributed by atoms with Gasteiger partial charge in [-0.05, 0) is 80.7 Å². The molecule has 2 aromatic carbocycles. The second-order valence-electron chi connectivity index (χ2n) is 8.58. The first-order valence-corrected chi connectivity index (χ1v) is 11.3. The van der Waals surface area contributed by atoms with E-state index in [9.17, 15) is 9.18 Å². The summed E-state index contributed by atoms with van der Waals surface area (Å²) in [5.41, 5.74) is 3.67. The molecule has 3 heterocycles. The molecule has 2 aromatic heterocycles. The zero-order valence-electron chi connectivity index (χ0n) is 18.0. The van der Waals surface area contributed by atoms with Crippen molar-refractivity contribution in [2.75, 3.05) is 26.2 Å². The molecule has 0 saturated carbocycles. The molecule has 1 aliphatic heterocycles. The summed E-state index contributed by atoms with van der Waals surface area (Å²) in [6.07, 6.45) is 6.80. The van der Waals surface area contributed by atoms with Gasteiger partial charge in [0, 0.05) is 35.2 Å². The van der Waals surface area contributed by atoms with E-state index in [1.165, 1.54) is 11.6 Å². The molecule has 0 unspecified atom stereocenters. The van der Waals surface area contributed by atoms with Crippen LogP contribution in [0.2, 0.25) is 0 Å². The summed E-state index contributed by atoms with van der Waals surface area (Å²) >= 11 is 0. The van der Waals surface area contributed by atoms with E-state index in [4.69, 9.17) is 0 Å². The molecule has 0 spiro atoms. The molecule has 1 aliphatic rings. The Bertz CT molecular complexity index is 1240. The molecule has 0 bridgehead atoms. The van der Waals surface area contributed by atoms with Crippen molar-refractivity contribution in [2.24, 2.45) is 0 Å². The lowest BCUT2D eigenvalue weighted by Crippen LogP contribution is -2.35. The number of piperidine rings is 1. The molecule has 0 aliphatic carbocycles. The molecular weight excluding hydrogens is 403 g/mol. The first-order valence-electron chi connectivity index (χ1n) is 11.3. The highest BCUT2D eigenvalue weighted by Gasteiger charge is 2.22. The summed E-state index contributed by atoms with van der Waals surface area (Å²) in [5, 5.41) is 5.13. The number of carbonyl (C=O) groups is 1. The summed E-state index contributed by atoms with van der Waals surface area (Å²) in [4.78, 5) is 22.5. The maximum absolute atomic E-state index is 13.4. The smallest absolute Gasteiger partial charge is 0.252 e. The molecule has 4 aromatic rings. The number of rotatable bonds is 6. The quantitative estimate of drug-likeness (QED) is 0.430. The number of para-hydroxylation sites is 1. The molecular formula is C26H27FN4O. The number of aromatic nitrogens is 2. The maximum atomic E-state index is 13.4. The maximum Gasteiger partial charge on any atom is 0.252 e. The number of nitrogens with one attached hydrogen (secondary N) is 2. The Morgan fingerprint density at radius 2 is 2.00 bits per heavy atom. The average Bonchev–Trinajstić information content (AvgIpc) is 3.24. The van der Waals surface area contributed by atoms with Gasteiger partial charge in [0.15, 0.2) is 0 Å². The Morgan fingerprint density at radius 3 is 2.88 bits per heavy atom. The van der Waals surface area contributed by atoms with Gasteiger partial charge in [-0.25, -0.2) is 4.39 Å². The highest BCUT2D eigenvalue weighted by Crippen LogP contribution is 2.33. The summed E-state index contributed by atoms with van der Waals surface area (Å²) in [6, 6.07) is 14.7. The fraction of sp³-hybridized carbons (Fsp3) is 0.308. The van der Waals surface area contributed by atoms with Crippen LogP contribution < -0.4 is 5.32 Å². The van der Waals surface area contributed by atoms with Gasteiger partial charge >= 0.3 is 0 Å². The van der Waals surface area contributed by atoms with Gasteiger partial charge in [0.2, 0.25) is 0 Å². The number of likely N-dealkylation sites (tertiary alicyclic amines) is 1. The van der Waals surface area contributed by atoms with Crippen molar-refractivity contribution >= 4 is 27.7 Å². The summed E-state index contributed by atoms with van der Waals surface area (Å²) in [7, 11) is 0. The molecule has 5 rings (SSSR count). The van der Waals surface area contributed by atoms with Crippen molar-refractivity contribution < 1.29 is 9.18 Å². The standard InChI is InChI=1S/C26H27FN4O/c27-21-6-7-22-23(17-30-25(22)15-21)18-8-12-31(13-9-18)11-3-10-28-26(32)20-14-19-4-1-2-5-24(19)29-16-20/h1-2,4-7,14-18,30H,3,8-13H2,(H,28,32). The number of pyridine rings is 1. The monoisotopic (exact) mass is 430 g/mol. The molecule has 1 fully saturated rings. The third-order valence-corrected chi connectivity index (χ3v) is 6.49. The second kappa shape index (κ2) is 9.09. The Hall–Kier alpha value is -3.25. The molecule has 5 nitrogen and oxygen atoms in total. The average molecular weight is 431 g/mol. The van der Waals surface area contributed by atoms with Crippen molar-refractivity contribution in [3.63, 3.8) is 0 Å². The van der Waals surface area contributed by atoms with Crippen molar-refractivity contribution in [1.82, 2.24) is 20.2 Å². The highest BCUT2D eigenvalue weighted by atomic mass is 19.1. The lowest BCUT2D eigenvalue weighted by Gasteiger charge is -2.32. The van der Waals surface area contributed by atoms with Gasteiger partial charge in [-0.2, -0.15) is 0 Å². The van der Waals surface area contributed by atoms with Gasteiger partial charge in [0.1, 0.15) is 5.82 Å². The Kier molecular flexibility index (Phi) is 5.86. The fourth-order valence-corrected chi connectivity index (χ4v) is 4.73. The van der Waals surface area contributed by atoms with E-state index in [1.807, 2.05) is 42.6 Å². The first-order chi connectivity index (χ1) is 15.7. The number of H-pyrrole nitrogens is 1. The van der Waals surface area contributed by atoms with Gasteiger partial charge in [-0.1, -0.05) is 18.2 Å². The number of nitrogens with zero attached hydrogens (tertiary/aromatic N) is 2. The molecule has 2 N–H and O–H groups in total. The van der Waals surface area contributed by atoms with E-state index in [-0.39, 0.29) is 11.7 Å². The predicted molar refractivity (Wildman–Crippen MR) is 125 cm³/mol. The van der Waals surface area contributed by atoms with Crippen molar-refractivity contribution in [3.8, 4) is 0 Å². The third kappa shape index (κ3) is 4.36. The van der Waals surface area contributed by atoms with Crippen LogP contribution in [0.1, 0.15) is 41.1 Å². The van der Waals surface area contributed by atoms with Crippen LogP contribution >= 0.6 is 0 Å². The van der Waals surface area contributed by atoms with Gasteiger partial charge in [0.25, 0.3) is 5.91 Å². The van der Waals surface area contributed by atoms with E-state index < -0.39 is 0 Å². The number of carbonyl (C=O) groups excluding carboxylic acids is 1. The number of benzene rings is 2. The van der Waals surface area contributed by atoms with E-state index in [0.29, 0.717) is 18.0 Å². The van der Waals surface area contributed by atoms with Crippen molar-refractivity contribution in [2.45, 2.75) is 25.2 Å². The largest absolute Gasteiger partial charge is 0.361 e.